The predicted octanol–water partition coefficient (Wildman–Crippen LogP) is 2.62. The summed E-state index contributed by atoms with van der Waals surface area (Å²) in [6, 6.07) is 4.92. The van der Waals surface area contributed by atoms with Gasteiger partial charge in [0.2, 0.25) is 5.78 Å². The Bertz CT molecular complexity index is 965. The maximum Gasteiger partial charge on any atom is 0.326 e. The summed E-state index contributed by atoms with van der Waals surface area (Å²) in [5.41, 5.74) is -3.64. The van der Waals surface area contributed by atoms with Crippen LogP contribution >= 0.6 is 11.6 Å². The van der Waals surface area contributed by atoms with Crippen molar-refractivity contribution in [2.24, 2.45) is 10.8 Å². The predicted molar refractivity (Wildman–Crippen MR) is 108 cm³/mol. The van der Waals surface area contributed by atoms with Gasteiger partial charge in [-0.1, -0.05) is 52.3 Å². The Labute approximate surface area is 177 Å². The van der Waals surface area contributed by atoms with E-state index < -0.39 is 43.8 Å². The van der Waals surface area contributed by atoms with Gasteiger partial charge in [-0.25, -0.2) is 0 Å². The normalized spacial score (nSPS) is 18.3. The van der Waals surface area contributed by atoms with E-state index in [1.807, 2.05) is 0 Å². The summed E-state index contributed by atoms with van der Waals surface area (Å²) in [6.45, 7) is 7.13. The summed E-state index contributed by atoms with van der Waals surface area (Å²) in [4.78, 5) is 51.7. The fourth-order valence-corrected chi connectivity index (χ4v) is 3.27. The van der Waals surface area contributed by atoms with Gasteiger partial charge in [-0.2, -0.15) is 0 Å². The van der Waals surface area contributed by atoms with Crippen molar-refractivity contribution >= 4 is 46.2 Å². The minimum atomic E-state index is -2.72. The average Bonchev–Trinajstić information content (AvgIpc) is 2.64. The van der Waals surface area contributed by atoms with Crippen molar-refractivity contribution in [1.29, 1.82) is 0 Å². The molecule has 0 bridgehead atoms. The molecule has 11 heteroatoms. The summed E-state index contributed by atoms with van der Waals surface area (Å²) in [6.07, 6.45) is 0. The van der Waals surface area contributed by atoms with Crippen LogP contribution in [-0.2, 0) is 19.2 Å². The van der Waals surface area contributed by atoms with Crippen LogP contribution in [0.15, 0.2) is 24.3 Å². The molecule has 0 saturated carbocycles. The molecule has 0 aliphatic carbocycles. The number of nitrogens with zero attached hydrogens (tertiary/aromatic N) is 2. The molecule has 1 aromatic rings. The number of carbonyl (C=O) groups excluding carboxylic acids is 3. The van der Waals surface area contributed by atoms with Crippen molar-refractivity contribution < 1.29 is 29.0 Å². The Balaban J connectivity index is 2.62. The summed E-state index contributed by atoms with van der Waals surface area (Å²) in [5.74, 6) is -2.93. The zero-order valence-corrected chi connectivity index (χ0v) is 17.9. The molecular formula is C19H22ClN3O7. The molecule has 0 aromatic heterocycles. The Morgan fingerprint density at radius 3 is 2.43 bits per heavy atom. The summed E-state index contributed by atoms with van der Waals surface area (Å²) < 4.78 is 0. The van der Waals surface area contributed by atoms with Crippen LogP contribution in [0.2, 0.25) is 0 Å². The van der Waals surface area contributed by atoms with Crippen LogP contribution < -0.4 is 5.32 Å². The molecule has 1 atom stereocenters. The van der Waals surface area contributed by atoms with E-state index in [0.29, 0.717) is 0 Å². The molecule has 30 heavy (non-hydrogen) atoms. The Hall–Kier alpha value is -3.01. The van der Waals surface area contributed by atoms with E-state index in [2.05, 4.69) is 5.32 Å². The lowest BCUT2D eigenvalue weighted by Crippen LogP contribution is -2.63. The zero-order chi connectivity index (χ0) is 23.1. The first-order valence-electron chi connectivity index (χ1n) is 8.94. The van der Waals surface area contributed by atoms with Crippen LogP contribution in [0.4, 0.5) is 11.4 Å². The van der Waals surface area contributed by atoms with Gasteiger partial charge < -0.3 is 10.2 Å². The number of halogens is 1. The van der Waals surface area contributed by atoms with Crippen LogP contribution in [0.3, 0.4) is 0 Å². The second-order valence-electron chi connectivity index (χ2n) is 8.59. The number of carbonyl (C=O) groups is 3. The second-order valence-corrected chi connectivity index (χ2v) is 9.16. The van der Waals surface area contributed by atoms with Crippen LogP contribution in [-0.4, -0.2) is 44.5 Å². The van der Waals surface area contributed by atoms with E-state index in [1.165, 1.54) is 52.8 Å². The lowest BCUT2D eigenvalue weighted by molar-refractivity contribution is -0.747. The molecule has 1 aromatic carbocycles. The lowest BCUT2D eigenvalue weighted by Gasteiger charge is -2.35. The van der Waals surface area contributed by atoms with E-state index in [9.17, 15) is 29.7 Å². The maximum atomic E-state index is 13.2. The number of nitrogens with one attached hydrogen (secondary N) is 1. The van der Waals surface area contributed by atoms with Crippen LogP contribution in [0.25, 0.3) is 0 Å². The van der Waals surface area contributed by atoms with Crippen molar-refractivity contribution in [3.8, 4) is 0 Å². The Morgan fingerprint density at radius 2 is 1.90 bits per heavy atom. The molecular weight excluding hydrogens is 418 g/mol. The Kier molecular flexibility index (Phi) is 5.95. The molecule has 162 valence electrons. The standard InChI is InChI=1S/C19H22ClN3O7/c1-17(2,3)15(25)19(20,13-14(24)18(4,5)10-30-23(13)29)16(26)21-11-7-6-8-12(9-11)22(27)28/h6-9H,10H2,1-5H3,(H,21,26). The third-order valence-corrected chi connectivity index (χ3v) is 5.03. The highest BCUT2D eigenvalue weighted by Gasteiger charge is 2.63. The van der Waals surface area contributed by atoms with Gasteiger partial charge in [0.25, 0.3) is 16.5 Å². The number of hydrogen-bond donors (Lipinski definition) is 1. The molecule has 0 radical (unpaired) electrons. The summed E-state index contributed by atoms with van der Waals surface area (Å²) in [7, 11) is 0. The van der Waals surface area contributed by atoms with Crippen LogP contribution in [0, 0.1) is 26.2 Å². The number of non-ortho nitro benzene ring substituents is 1. The van der Waals surface area contributed by atoms with Gasteiger partial charge in [0.15, 0.2) is 5.78 Å². The van der Waals surface area contributed by atoms with Crippen LogP contribution in [0.5, 0.6) is 0 Å². The van der Waals surface area contributed by atoms with Crippen LogP contribution in [0.1, 0.15) is 34.6 Å². The first-order chi connectivity index (χ1) is 13.6. The Morgan fingerprint density at radius 1 is 1.30 bits per heavy atom. The van der Waals surface area contributed by atoms with Crippen molar-refractivity contribution in [3.05, 3.63) is 39.6 Å². The average molecular weight is 440 g/mol. The number of rotatable bonds is 5. The molecule has 2 rings (SSSR count). The molecule has 10 nitrogen and oxygen atoms in total. The number of alkyl halides is 1. The van der Waals surface area contributed by atoms with Gasteiger partial charge >= 0.3 is 5.71 Å². The topological polar surface area (TPSA) is 142 Å². The van der Waals surface area contributed by atoms with Gasteiger partial charge in [0.1, 0.15) is 0 Å². The third-order valence-electron chi connectivity index (χ3n) is 4.50. The molecule has 0 fully saturated rings. The summed E-state index contributed by atoms with van der Waals surface area (Å²) >= 11 is 6.50. The van der Waals surface area contributed by atoms with Crippen molar-refractivity contribution in [2.45, 2.75) is 39.5 Å². The quantitative estimate of drug-likeness (QED) is 0.244. The van der Waals surface area contributed by atoms with E-state index in [-0.39, 0.29) is 22.9 Å². The number of nitro benzene ring substituents is 1. The highest BCUT2D eigenvalue weighted by atomic mass is 35.5. The number of benzene rings is 1. The van der Waals surface area contributed by atoms with E-state index in [1.54, 1.807) is 0 Å². The van der Waals surface area contributed by atoms with Crippen molar-refractivity contribution in [3.63, 3.8) is 0 Å². The smallest absolute Gasteiger partial charge is 0.326 e. The fourth-order valence-electron chi connectivity index (χ4n) is 2.79. The number of amides is 1. The van der Waals surface area contributed by atoms with Gasteiger partial charge in [-0.15, -0.1) is 0 Å². The third kappa shape index (κ3) is 4.13. The number of hydrogen-bond acceptors (Lipinski definition) is 7. The highest BCUT2D eigenvalue weighted by Crippen LogP contribution is 2.36. The molecule has 1 amide bonds. The molecule has 1 heterocycles. The monoisotopic (exact) mass is 439 g/mol. The number of ketones is 2. The number of anilines is 1. The van der Waals surface area contributed by atoms with Gasteiger partial charge in [0.05, 0.1) is 11.5 Å². The first kappa shape index (κ1) is 23.3. The maximum absolute atomic E-state index is 13.2. The molecule has 1 aliphatic rings. The summed E-state index contributed by atoms with van der Waals surface area (Å²) in [5, 5.41) is 25.7. The number of Topliss-reactive ketones (excluding diaryl/α,β-unsaturated/α-hetero) is 2. The minimum Gasteiger partial charge on any atom is -0.402 e. The molecule has 1 N–H and O–H groups in total. The molecule has 1 aliphatic heterocycles. The largest absolute Gasteiger partial charge is 0.402 e. The molecule has 0 saturated heterocycles. The van der Waals surface area contributed by atoms with E-state index >= 15 is 0 Å². The second kappa shape index (κ2) is 7.67. The van der Waals surface area contributed by atoms with Crippen molar-refractivity contribution in [1.82, 2.24) is 0 Å². The SMILES string of the molecule is CC(C)(C)C(=O)C(Cl)(C(=O)Nc1cccc([N+](=O)[O-])c1)C1=[N+]([O-])OCC(C)(C)C1=O. The first-order valence-corrected chi connectivity index (χ1v) is 9.32. The van der Waals surface area contributed by atoms with E-state index in [4.69, 9.17) is 16.4 Å². The zero-order valence-electron chi connectivity index (χ0n) is 17.1. The molecule has 0 spiro atoms. The van der Waals surface area contributed by atoms with Gasteiger partial charge in [-0.05, 0) is 6.07 Å². The van der Waals surface area contributed by atoms with E-state index in [0.717, 1.165) is 6.07 Å². The minimum absolute atomic E-state index is 0.0394. The lowest BCUT2D eigenvalue weighted by atomic mass is 9.74. The highest BCUT2D eigenvalue weighted by molar-refractivity contribution is 6.69. The van der Waals surface area contributed by atoms with Gasteiger partial charge in [0, 0.05) is 33.6 Å². The van der Waals surface area contributed by atoms with Crippen molar-refractivity contribution in [2.75, 3.05) is 11.9 Å². The fraction of sp³-hybridized carbons (Fsp3) is 0.474. The van der Waals surface area contributed by atoms with Gasteiger partial charge in [-0.3, -0.25) is 29.7 Å². The molecule has 1 unspecified atom stereocenters. The number of nitro groups is 1.